The van der Waals surface area contributed by atoms with Gasteiger partial charge in [-0.25, -0.2) is 0 Å². The molecule has 1 saturated heterocycles. The summed E-state index contributed by atoms with van der Waals surface area (Å²) >= 11 is 0. The molecule has 1 amide bonds. The van der Waals surface area contributed by atoms with Crippen molar-refractivity contribution >= 4 is 16.8 Å². The van der Waals surface area contributed by atoms with Crippen LogP contribution in [0.25, 0.3) is 10.9 Å². The molecule has 7 heteroatoms. The van der Waals surface area contributed by atoms with Crippen molar-refractivity contribution in [3.63, 3.8) is 0 Å². The normalized spacial score (nSPS) is 14.4. The molecule has 0 N–H and O–H groups in total. The molecule has 0 unspecified atom stereocenters. The molecule has 0 radical (unpaired) electrons. The summed E-state index contributed by atoms with van der Waals surface area (Å²) in [6.07, 6.45) is 4.88. The van der Waals surface area contributed by atoms with Crippen LogP contribution in [-0.4, -0.2) is 72.0 Å². The molecular weight excluding hydrogens is 452 g/mol. The zero-order chi connectivity index (χ0) is 24.7. The molecule has 0 aliphatic carbocycles. The minimum absolute atomic E-state index is 0.0416. The zero-order valence-electron chi connectivity index (χ0n) is 20.7. The lowest BCUT2D eigenvalue weighted by atomic mass is 10.1. The van der Waals surface area contributed by atoms with Gasteiger partial charge in [0.15, 0.2) is 0 Å². The lowest BCUT2D eigenvalue weighted by molar-refractivity contribution is 0.0619. The Balaban J connectivity index is 1.03. The average molecular weight is 485 g/mol. The van der Waals surface area contributed by atoms with E-state index in [-0.39, 0.29) is 5.91 Å². The Morgan fingerprint density at radius 1 is 1.00 bits per heavy atom. The molecule has 5 rings (SSSR count). The van der Waals surface area contributed by atoms with Gasteiger partial charge in [-0.3, -0.25) is 19.6 Å². The molecular formula is C29H32N4O3. The fraction of sp³-hybridized carbons (Fsp3) is 0.310. The van der Waals surface area contributed by atoms with Crippen molar-refractivity contribution in [2.75, 3.05) is 46.4 Å². The number of ether oxygens (including phenoxy) is 1. The van der Waals surface area contributed by atoms with E-state index in [9.17, 15) is 4.79 Å². The Labute approximate surface area is 211 Å². The number of hydrogen-bond donors (Lipinski definition) is 0. The van der Waals surface area contributed by atoms with Gasteiger partial charge < -0.3 is 14.1 Å². The fourth-order valence-electron chi connectivity index (χ4n) is 4.63. The zero-order valence-corrected chi connectivity index (χ0v) is 20.7. The van der Waals surface area contributed by atoms with E-state index >= 15 is 0 Å². The molecule has 1 fully saturated rings. The quantitative estimate of drug-likeness (QED) is 0.353. The van der Waals surface area contributed by atoms with Gasteiger partial charge in [-0.2, -0.15) is 0 Å². The third kappa shape index (κ3) is 6.11. The second kappa shape index (κ2) is 11.4. The van der Waals surface area contributed by atoms with Crippen LogP contribution in [0.3, 0.4) is 0 Å². The molecule has 0 saturated carbocycles. The van der Waals surface area contributed by atoms with Crippen molar-refractivity contribution in [1.82, 2.24) is 19.7 Å². The number of pyridine rings is 1. The molecule has 0 bridgehead atoms. The molecule has 1 aliphatic rings. The molecule has 36 heavy (non-hydrogen) atoms. The number of piperazine rings is 1. The number of rotatable bonds is 9. The first-order chi connectivity index (χ1) is 17.6. The number of nitrogens with zero attached hydrogens (tertiary/aromatic N) is 4. The van der Waals surface area contributed by atoms with Gasteiger partial charge in [0.05, 0.1) is 17.3 Å². The molecule has 0 spiro atoms. The summed E-state index contributed by atoms with van der Waals surface area (Å²) in [6.45, 7) is 6.38. The number of fused-ring (bicyclic) bond motifs is 1. The topological polar surface area (TPSA) is 62.1 Å². The van der Waals surface area contributed by atoms with E-state index in [0.717, 1.165) is 57.1 Å². The van der Waals surface area contributed by atoms with Crippen LogP contribution >= 0.6 is 0 Å². The Bertz CT molecular complexity index is 1270. The SMILES string of the molecule is CN(Cc1ccc(OCCN2CCN(C(=O)c3ccoc3)CC2)cc1)Cc1ccc2ncccc2c1. The first kappa shape index (κ1) is 24.0. The highest BCUT2D eigenvalue weighted by atomic mass is 16.5. The Morgan fingerprint density at radius 2 is 1.78 bits per heavy atom. The summed E-state index contributed by atoms with van der Waals surface area (Å²) in [4.78, 5) is 23.3. The Kier molecular flexibility index (Phi) is 7.59. The van der Waals surface area contributed by atoms with Gasteiger partial charge in [0.25, 0.3) is 5.91 Å². The van der Waals surface area contributed by atoms with Crippen LogP contribution in [0.4, 0.5) is 0 Å². The molecule has 4 aromatic rings. The van der Waals surface area contributed by atoms with E-state index in [0.29, 0.717) is 12.2 Å². The largest absolute Gasteiger partial charge is 0.492 e. The van der Waals surface area contributed by atoms with Crippen molar-refractivity contribution in [3.8, 4) is 5.75 Å². The molecule has 2 aromatic heterocycles. The molecule has 2 aromatic carbocycles. The minimum atomic E-state index is 0.0416. The number of carbonyl (C=O) groups is 1. The third-order valence-corrected chi connectivity index (χ3v) is 6.60. The molecule has 0 atom stereocenters. The van der Waals surface area contributed by atoms with E-state index < -0.39 is 0 Å². The molecule has 1 aliphatic heterocycles. The van der Waals surface area contributed by atoms with Crippen molar-refractivity contribution in [2.45, 2.75) is 13.1 Å². The fourth-order valence-corrected chi connectivity index (χ4v) is 4.63. The molecule has 7 nitrogen and oxygen atoms in total. The highest BCUT2D eigenvalue weighted by molar-refractivity contribution is 5.93. The summed E-state index contributed by atoms with van der Waals surface area (Å²) in [5.74, 6) is 0.928. The van der Waals surface area contributed by atoms with Crippen LogP contribution in [0, 0.1) is 0 Å². The van der Waals surface area contributed by atoms with Crippen molar-refractivity contribution in [2.24, 2.45) is 0 Å². The van der Waals surface area contributed by atoms with Gasteiger partial charge in [-0.1, -0.05) is 24.3 Å². The van der Waals surface area contributed by atoms with E-state index in [2.05, 4.69) is 58.2 Å². The summed E-state index contributed by atoms with van der Waals surface area (Å²) in [6, 6.07) is 20.6. The van der Waals surface area contributed by atoms with Gasteiger partial charge in [0.1, 0.15) is 18.6 Å². The second-order valence-corrected chi connectivity index (χ2v) is 9.34. The lowest BCUT2D eigenvalue weighted by Gasteiger charge is -2.34. The van der Waals surface area contributed by atoms with Crippen LogP contribution in [0.2, 0.25) is 0 Å². The van der Waals surface area contributed by atoms with E-state index in [4.69, 9.17) is 9.15 Å². The highest BCUT2D eigenvalue weighted by Crippen LogP contribution is 2.17. The smallest absolute Gasteiger partial charge is 0.257 e. The van der Waals surface area contributed by atoms with Gasteiger partial charge >= 0.3 is 0 Å². The van der Waals surface area contributed by atoms with Crippen LogP contribution in [-0.2, 0) is 13.1 Å². The predicted octanol–water partition coefficient (Wildman–Crippen LogP) is 4.30. The van der Waals surface area contributed by atoms with E-state index in [1.54, 1.807) is 6.07 Å². The average Bonchev–Trinajstić information content (AvgIpc) is 3.45. The first-order valence-electron chi connectivity index (χ1n) is 12.4. The van der Waals surface area contributed by atoms with Crippen LogP contribution < -0.4 is 4.74 Å². The Hall–Kier alpha value is -3.68. The molecule has 3 heterocycles. The van der Waals surface area contributed by atoms with Crippen LogP contribution in [0.5, 0.6) is 5.75 Å². The van der Waals surface area contributed by atoms with Crippen LogP contribution in [0.15, 0.2) is 83.8 Å². The number of aromatic nitrogens is 1. The maximum atomic E-state index is 12.4. The van der Waals surface area contributed by atoms with Crippen molar-refractivity contribution < 1.29 is 13.9 Å². The number of furan rings is 1. The van der Waals surface area contributed by atoms with Crippen molar-refractivity contribution in [1.29, 1.82) is 0 Å². The van der Waals surface area contributed by atoms with Gasteiger partial charge in [0.2, 0.25) is 0 Å². The molecule has 186 valence electrons. The maximum absolute atomic E-state index is 12.4. The number of amides is 1. The van der Waals surface area contributed by atoms with Gasteiger partial charge in [-0.15, -0.1) is 0 Å². The number of carbonyl (C=O) groups excluding carboxylic acids is 1. The van der Waals surface area contributed by atoms with Gasteiger partial charge in [-0.05, 0) is 54.6 Å². The first-order valence-corrected chi connectivity index (χ1v) is 12.4. The summed E-state index contributed by atoms with van der Waals surface area (Å²) in [5.41, 5.74) is 4.19. The predicted molar refractivity (Wildman–Crippen MR) is 140 cm³/mol. The summed E-state index contributed by atoms with van der Waals surface area (Å²) < 4.78 is 11.0. The van der Waals surface area contributed by atoms with Crippen LogP contribution in [0.1, 0.15) is 21.5 Å². The minimum Gasteiger partial charge on any atom is -0.492 e. The third-order valence-electron chi connectivity index (χ3n) is 6.60. The highest BCUT2D eigenvalue weighted by Gasteiger charge is 2.22. The monoisotopic (exact) mass is 484 g/mol. The number of benzene rings is 2. The second-order valence-electron chi connectivity index (χ2n) is 9.34. The summed E-state index contributed by atoms with van der Waals surface area (Å²) in [7, 11) is 2.14. The van der Waals surface area contributed by atoms with E-state index in [1.165, 1.54) is 29.0 Å². The van der Waals surface area contributed by atoms with Gasteiger partial charge in [0, 0.05) is 57.4 Å². The number of hydrogen-bond acceptors (Lipinski definition) is 6. The van der Waals surface area contributed by atoms with Crippen molar-refractivity contribution in [3.05, 3.63) is 96.1 Å². The van der Waals surface area contributed by atoms with E-state index in [1.807, 2.05) is 29.3 Å². The lowest BCUT2D eigenvalue weighted by Crippen LogP contribution is -2.49. The maximum Gasteiger partial charge on any atom is 0.257 e. The standard InChI is InChI=1S/C29H32N4O3/c1-31(21-24-6-9-28-25(19-24)3-2-11-30-28)20-23-4-7-27(8-5-23)36-18-16-32-12-14-33(15-13-32)29(34)26-10-17-35-22-26/h2-11,17,19,22H,12-16,18,20-21H2,1H3. The Morgan fingerprint density at radius 3 is 2.56 bits per heavy atom. The summed E-state index contributed by atoms with van der Waals surface area (Å²) in [5, 5.41) is 1.18.